The molecule has 0 bridgehead atoms. The molecule has 120 valence electrons. The summed E-state index contributed by atoms with van der Waals surface area (Å²) in [6.45, 7) is 3.95. The van der Waals surface area contributed by atoms with Crippen LogP contribution in [0.4, 0.5) is 0 Å². The summed E-state index contributed by atoms with van der Waals surface area (Å²) >= 11 is 0. The number of nitrogens with zero attached hydrogens (tertiary/aromatic N) is 2. The van der Waals surface area contributed by atoms with E-state index in [4.69, 9.17) is 4.74 Å². The number of aromatic nitrogens is 1. The maximum atomic E-state index is 12.6. The van der Waals surface area contributed by atoms with Crippen molar-refractivity contribution >= 4 is 5.91 Å². The molecule has 5 heteroatoms. The van der Waals surface area contributed by atoms with E-state index in [1.54, 1.807) is 6.20 Å². The maximum Gasteiger partial charge on any atom is 0.254 e. The van der Waals surface area contributed by atoms with Gasteiger partial charge in [-0.25, -0.2) is 0 Å². The molecule has 2 fully saturated rings. The number of carbonyl (C=O) groups is 1. The lowest BCUT2D eigenvalue weighted by Crippen LogP contribution is -2.50. The molecule has 0 aliphatic carbocycles. The Morgan fingerprint density at radius 3 is 2.82 bits per heavy atom. The van der Waals surface area contributed by atoms with E-state index in [-0.39, 0.29) is 11.8 Å². The van der Waals surface area contributed by atoms with Gasteiger partial charge in [-0.2, -0.15) is 0 Å². The molecule has 0 saturated carbocycles. The molecule has 1 N–H and O–H groups in total. The molecule has 2 saturated heterocycles. The molecule has 0 aromatic carbocycles. The number of rotatable bonds is 3. The Bertz CT molecular complexity index is 506. The van der Waals surface area contributed by atoms with Gasteiger partial charge >= 0.3 is 0 Å². The Labute approximate surface area is 131 Å². The Hall–Kier alpha value is -1.46. The van der Waals surface area contributed by atoms with Crippen LogP contribution in [0.3, 0.4) is 0 Å². The fraction of sp³-hybridized carbons (Fsp3) is 0.647. The summed E-state index contributed by atoms with van der Waals surface area (Å²) in [5.41, 5.74) is 0.0882. The molecular formula is C17H24N2O3. The van der Waals surface area contributed by atoms with Crippen LogP contribution >= 0.6 is 0 Å². The van der Waals surface area contributed by atoms with Crippen LogP contribution in [-0.4, -0.2) is 46.2 Å². The van der Waals surface area contributed by atoms with Crippen LogP contribution in [-0.2, 0) is 9.53 Å². The van der Waals surface area contributed by atoms with Gasteiger partial charge < -0.3 is 14.7 Å². The third-order valence-electron chi connectivity index (χ3n) is 4.94. The van der Waals surface area contributed by atoms with Crippen LogP contribution in [0.2, 0.25) is 0 Å². The lowest BCUT2D eigenvalue weighted by atomic mass is 9.88. The minimum absolute atomic E-state index is 0.107. The van der Waals surface area contributed by atoms with Gasteiger partial charge in [0, 0.05) is 25.9 Å². The zero-order chi connectivity index (χ0) is 15.6. The van der Waals surface area contributed by atoms with Crippen LogP contribution < -0.4 is 0 Å². The molecule has 1 amide bonds. The van der Waals surface area contributed by atoms with E-state index >= 15 is 0 Å². The summed E-state index contributed by atoms with van der Waals surface area (Å²) in [6, 6.07) is 5.60. The average molecular weight is 304 g/mol. The van der Waals surface area contributed by atoms with E-state index in [9.17, 15) is 9.90 Å². The van der Waals surface area contributed by atoms with Crippen LogP contribution in [0.25, 0.3) is 0 Å². The molecule has 2 aliphatic rings. The fourth-order valence-electron chi connectivity index (χ4n) is 3.49. The molecule has 0 spiro atoms. The normalized spacial score (nSPS) is 27.8. The zero-order valence-electron chi connectivity index (χ0n) is 13.1. The van der Waals surface area contributed by atoms with Crippen LogP contribution in [0.1, 0.15) is 44.4 Å². The van der Waals surface area contributed by atoms with Crippen LogP contribution in [0.15, 0.2) is 24.4 Å². The Kier molecular flexibility index (Phi) is 4.45. The number of aliphatic hydroxyl groups is 1. The molecule has 3 heterocycles. The number of aliphatic hydroxyl groups excluding tert-OH is 1. The molecule has 5 nitrogen and oxygen atoms in total. The molecule has 2 aliphatic heterocycles. The monoisotopic (exact) mass is 304 g/mol. The smallest absolute Gasteiger partial charge is 0.254 e. The van der Waals surface area contributed by atoms with Crippen molar-refractivity contribution in [2.45, 2.75) is 44.3 Å². The van der Waals surface area contributed by atoms with E-state index < -0.39 is 11.7 Å². The van der Waals surface area contributed by atoms with Crippen molar-refractivity contribution < 1.29 is 14.6 Å². The van der Waals surface area contributed by atoms with Crippen LogP contribution in [0.5, 0.6) is 0 Å². The number of likely N-dealkylation sites (tertiary alicyclic amines) is 1. The largest absolute Gasteiger partial charge is 0.387 e. The molecule has 1 aromatic rings. The third kappa shape index (κ3) is 3.01. The molecular weight excluding hydrogens is 280 g/mol. The number of amides is 1. The summed E-state index contributed by atoms with van der Waals surface area (Å²) in [6.07, 6.45) is 4.53. The fourth-order valence-corrected chi connectivity index (χ4v) is 3.49. The topological polar surface area (TPSA) is 62.7 Å². The number of ether oxygens (including phenoxy) is 1. The second-order valence-corrected chi connectivity index (χ2v) is 6.51. The predicted molar refractivity (Wildman–Crippen MR) is 82.1 cm³/mol. The zero-order valence-corrected chi connectivity index (χ0v) is 13.1. The van der Waals surface area contributed by atoms with Gasteiger partial charge in [0.05, 0.1) is 11.8 Å². The first kappa shape index (κ1) is 15.4. The van der Waals surface area contributed by atoms with Gasteiger partial charge in [0.15, 0.2) is 0 Å². The van der Waals surface area contributed by atoms with Crippen molar-refractivity contribution in [1.82, 2.24) is 9.88 Å². The van der Waals surface area contributed by atoms with Crippen molar-refractivity contribution in [2.75, 3.05) is 19.7 Å². The van der Waals surface area contributed by atoms with E-state index in [1.165, 1.54) is 0 Å². The molecule has 22 heavy (non-hydrogen) atoms. The summed E-state index contributed by atoms with van der Waals surface area (Å²) in [5, 5.41) is 10.4. The molecule has 0 radical (unpaired) electrons. The van der Waals surface area contributed by atoms with E-state index in [1.807, 2.05) is 30.0 Å². The SMILES string of the molecule is CC1(C(=O)N2CCC(C(O)c3ccccn3)CC2)CCCO1. The highest BCUT2D eigenvalue weighted by molar-refractivity contribution is 5.85. The first-order valence-corrected chi connectivity index (χ1v) is 8.12. The van der Waals surface area contributed by atoms with Gasteiger partial charge in [-0.3, -0.25) is 9.78 Å². The van der Waals surface area contributed by atoms with Crippen molar-refractivity contribution in [3.05, 3.63) is 30.1 Å². The van der Waals surface area contributed by atoms with Gasteiger partial charge in [0.2, 0.25) is 0 Å². The van der Waals surface area contributed by atoms with Crippen molar-refractivity contribution in [1.29, 1.82) is 0 Å². The number of hydrogen-bond donors (Lipinski definition) is 1. The number of piperidine rings is 1. The lowest BCUT2D eigenvalue weighted by molar-refractivity contribution is -0.153. The Morgan fingerprint density at radius 1 is 1.45 bits per heavy atom. The molecule has 2 unspecified atom stereocenters. The van der Waals surface area contributed by atoms with Gasteiger partial charge in [0.25, 0.3) is 5.91 Å². The second kappa shape index (κ2) is 6.34. The highest BCUT2D eigenvalue weighted by atomic mass is 16.5. The highest BCUT2D eigenvalue weighted by Gasteiger charge is 2.42. The van der Waals surface area contributed by atoms with Gasteiger partial charge in [-0.1, -0.05) is 6.07 Å². The minimum Gasteiger partial charge on any atom is -0.387 e. The quantitative estimate of drug-likeness (QED) is 0.927. The van der Waals surface area contributed by atoms with E-state index in [0.717, 1.165) is 31.4 Å². The van der Waals surface area contributed by atoms with Gasteiger partial charge in [-0.15, -0.1) is 0 Å². The second-order valence-electron chi connectivity index (χ2n) is 6.51. The van der Waals surface area contributed by atoms with E-state index in [2.05, 4.69) is 4.98 Å². The van der Waals surface area contributed by atoms with Crippen LogP contribution in [0, 0.1) is 5.92 Å². The minimum atomic E-state index is -0.633. The molecule has 1 aromatic heterocycles. The number of hydrogen-bond acceptors (Lipinski definition) is 4. The average Bonchev–Trinajstić information content (AvgIpc) is 3.02. The third-order valence-corrected chi connectivity index (χ3v) is 4.94. The highest BCUT2D eigenvalue weighted by Crippen LogP contribution is 2.33. The summed E-state index contributed by atoms with van der Waals surface area (Å²) in [5.74, 6) is 0.270. The van der Waals surface area contributed by atoms with Crippen molar-refractivity contribution in [2.24, 2.45) is 5.92 Å². The maximum absolute atomic E-state index is 12.6. The molecule has 3 rings (SSSR count). The number of pyridine rings is 1. The van der Waals surface area contributed by atoms with Gasteiger partial charge in [-0.05, 0) is 50.7 Å². The number of carbonyl (C=O) groups excluding carboxylic acids is 1. The van der Waals surface area contributed by atoms with E-state index in [0.29, 0.717) is 19.7 Å². The Balaban J connectivity index is 1.57. The Morgan fingerprint density at radius 2 is 2.23 bits per heavy atom. The summed E-state index contributed by atoms with van der Waals surface area (Å²) in [4.78, 5) is 18.7. The first-order valence-electron chi connectivity index (χ1n) is 8.12. The molecule has 2 atom stereocenters. The van der Waals surface area contributed by atoms with Crippen molar-refractivity contribution in [3.8, 4) is 0 Å². The summed E-state index contributed by atoms with van der Waals surface area (Å²) < 4.78 is 5.65. The standard InChI is InChI=1S/C17H24N2O3/c1-17(8-4-12-22-17)16(21)19-10-6-13(7-11-19)15(20)14-5-2-3-9-18-14/h2-3,5,9,13,15,20H,4,6-8,10-12H2,1H3. The van der Waals surface area contributed by atoms with Gasteiger partial charge in [0.1, 0.15) is 5.60 Å². The van der Waals surface area contributed by atoms with Crippen molar-refractivity contribution in [3.63, 3.8) is 0 Å². The first-order chi connectivity index (χ1) is 10.6. The lowest BCUT2D eigenvalue weighted by Gasteiger charge is -2.37. The predicted octanol–water partition coefficient (Wildman–Crippen LogP) is 1.92. The summed E-state index contributed by atoms with van der Waals surface area (Å²) in [7, 11) is 0.